The summed E-state index contributed by atoms with van der Waals surface area (Å²) < 4.78 is 9.56. The first kappa shape index (κ1) is 11.1. The van der Waals surface area contributed by atoms with E-state index >= 15 is 0 Å². The predicted octanol–water partition coefficient (Wildman–Crippen LogP) is 0.963. The highest BCUT2D eigenvalue weighted by atomic mass is 16.4. The van der Waals surface area contributed by atoms with Crippen LogP contribution in [-0.2, 0) is 0 Å². The fourth-order valence-corrected chi connectivity index (χ4v) is 1.56. The van der Waals surface area contributed by atoms with Crippen LogP contribution < -0.4 is 11.3 Å². The lowest BCUT2D eigenvalue weighted by Gasteiger charge is -2.02. The maximum atomic E-state index is 11.5. The van der Waals surface area contributed by atoms with E-state index in [4.69, 9.17) is 8.83 Å². The van der Waals surface area contributed by atoms with Crippen molar-refractivity contribution < 1.29 is 18.7 Å². The maximum absolute atomic E-state index is 11.5. The Bertz CT molecular complexity index is 734. The molecular formula is C11H8O6. The first-order valence-corrected chi connectivity index (χ1v) is 4.73. The summed E-state index contributed by atoms with van der Waals surface area (Å²) in [5, 5.41) is 9.43. The minimum absolute atomic E-state index is 0.105. The Balaban J connectivity index is 3.08. The Hall–Kier alpha value is -2.37. The third-order valence-corrected chi connectivity index (χ3v) is 2.27. The van der Waals surface area contributed by atoms with E-state index in [0.29, 0.717) is 0 Å². The van der Waals surface area contributed by atoms with E-state index < -0.39 is 28.3 Å². The van der Waals surface area contributed by atoms with E-state index in [1.807, 2.05) is 0 Å². The molecule has 2 heterocycles. The monoisotopic (exact) mass is 236 g/mol. The van der Waals surface area contributed by atoms with Gasteiger partial charge in [-0.1, -0.05) is 0 Å². The van der Waals surface area contributed by atoms with Crippen LogP contribution in [0, 0.1) is 6.92 Å². The van der Waals surface area contributed by atoms with Crippen LogP contribution in [0.15, 0.2) is 24.5 Å². The van der Waals surface area contributed by atoms with E-state index in [1.54, 1.807) is 0 Å². The lowest BCUT2D eigenvalue weighted by molar-refractivity contribution is 0.101. The molecule has 2 aromatic heterocycles. The van der Waals surface area contributed by atoms with Gasteiger partial charge in [0.25, 0.3) is 0 Å². The topological polar surface area (TPSA) is 97.7 Å². The highest BCUT2D eigenvalue weighted by Crippen LogP contribution is 2.23. The number of aryl methyl sites for hydroxylation is 1. The van der Waals surface area contributed by atoms with E-state index in [9.17, 15) is 19.5 Å². The van der Waals surface area contributed by atoms with Gasteiger partial charge < -0.3 is 13.9 Å². The van der Waals surface area contributed by atoms with Crippen molar-refractivity contribution in [1.82, 2.24) is 0 Å². The highest BCUT2D eigenvalue weighted by molar-refractivity contribution is 6.01. The molecular weight excluding hydrogens is 228 g/mol. The molecule has 0 aliphatic carbocycles. The molecule has 0 radical (unpaired) electrons. The smallest absolute Gasteiger partial charge is 0.351 e. The molecule has 6 nitrogen and oxygen atoms in total. The average molecular weight is 236 g/mol. The van der Waals surface area contributed by atoms with Gasteiger partial charge in [-0.2, -0.15) is 0 Å². The van der Waals surface area contributed by atoms with Gasteiger partial charge in [-0.25, -0.2) is 9.59 Å². The van der Waals surface area contributed by atoms with Crippen molar-refractivity contribution >= 4 is 16.8 Å². The second-order valence-electron chi connectivity index (χ2n) is 3.55. The standard InChI is InChI=1S/C11H8O6/c1-4-3-6-8(11(15)16-4)9(13)7(5(2)12)10(14)17-6/h3,13H,1-2H3. The fraction of sp³-hybridized carbons (Fsp3) is 0.182. The molecule has 0 spiro atoms. The van der Waals surface area contributed by atoms with Gasteiger partial charge in [0.1, 0.15) is 16.7 Å². The Morgan fingerprint density at radius 2 is 1.88 bits per heavy atom. The molecule has 2 rings (SSSR count). The number of hydrogen-bond donors (Lipinski definition) is 1. The number of fused-ring (bicyclic) bond motifs is 1. The zero-order valence-corrected chi connectivity index (χ0v) is 9.07. The number of Topliss-reactive ketones (excluding diaryl/α,β-unsaturated/α-hetero) is 1. The molecule has 0 aliphatic heterocycles. The molecule has 17 heavy (non-hydrogen) atoms. The molecule has 0 unspecified atom stereocenters. The first-order valence-electron chi connectivity index (χ1n) is 4.73. The quantitative estimate of drug-likeness (QED) is 0.740. The molecule has 0 saturated carbocycles. The van der Waals surface area contributed by atoms with Crippen molar-refractivity contribution in [3.8, 4) is 5.75 Å². The third-order valence-electron chi connectivity index (χ3n) is 2.27. The minimum Gasteiger partial charge on any atom is -0.506 e. The van der Waals surface area contributed by atoms with Crippen molar-refractivity contribution in [3.05, 3.63) is 38.2 Å². The number of aromatic hydroxyl groups is 1. The number of rotatable bonds is 1. The van der Waals surface area contributed by atoms with Gasteiger partial charge in [-0.05, 0) is 13.8 Å². The number of carbonyl (C=O) groups is 1. The van der Waals surface area contributed by atoms with Gasteiger partial charge in [0, 0.05) is 6.07 Å². The lowest BCUT2D eigenvalue weighted by atomic mass is 10.1. The molecule has 88 valence electrons. The van der Waals surface area contributed by atoms with Gasteiger partial charge in [0.2, 0.25) is 0 Å². The molecule has 2 aromatic rings. The van der Waals surface area contributed by atoms with Gasteiger partial charge in [0.05, 0.1) is 0 Å². The Kier molecular flexibility index (Phi) is 2.35. The average Bonchev–Trinajstić information content (AvgIpc) is 2.13. The summed E-state index contributed by atoms with van der Waals surface area (Å²) in [4.78, 5) is 34.1. The third kappa shape index (κ3) is 1.63. The second kappa shape index (κ2) is 3.58. The summed E-state index contributed by atoms with van der Waals surface area (Å²) in [6, 6.07) is 1.29. The summed E-state index contributed by atoms with van der Waals surface area (Å²) in [6.07, 6.45) is 0. The van der Waals surface area contributed by atoms with Crippen molar-refractivity contribution in [2.45, 2.75) is 13.8 Å². The largest absolute Gasteiger partial charge is 0.506 e. The molecule has 6 heteroatoms. The molecule has 0 bridgehead atoms. The number of ketones is 1. The van der Waals surface area contributed by atoms with Gasteiger partial charge in [0.15, 0.2) is 17.1 Å². The van der Waals surface area contributed by atoms with Crippen LogP contribution in [-0.4, -0.2) is 10.9 Å². The summed E-state index contributed by atoms with van der Waals surface area (Å²) >= 11 is 0. The van der Waals surface area contributed by atoms with Crippen LogP contribution in [0.3, 0.4) is 0 Å². The van der Waals surface area contributed by atoms with Crippen LogP contribution in [0.5, 0.6) is 5.75 Å². The molecule has 0 aromatic carbocycles. The summed E-state index contributed by atoms with van der Waals surface area (Å²) in [7, 11) is 0. The van der Waals surface area contributed by atoms with Crippen LogP contribution in [0.4, 0.5) is 0 Å². The van der Waals surface area contributed by atoms with Crippen molar-refractivity contribution in [2.75, 3.05) is 0 Å². The highest BCUT2D eigenvalue weighted by Gasteiger charge is 2.20. The Labute approximate surface area is 94.1 Å². The summed E-state index contributed by atoms with van der Waals surface area (Å²) in [5.74, 6) is -1.14. The van der Waals surface area contributed by atoms with Crippen LogP contribution in [0.25, 0.3) is 11.0 Å². The molecule has 0 aliphatic rings. The van der Waals surface area contributed by atoms with Crippen molar-refractivity contribution in [3.63, 3.8) is 0 Å². The number of carbonyl (C=O) groups excluding carboxylic acids is 1. The van der Waals surface area contributed by atoms with E-state index in [-0.39, 0.29) is 16.7 Å². The molecule has 0 saturated heterocycles. The molecule has 0 fully saturated rings. The van der Waals surface area contributed by atoms with E-state index in [0.717, 1.165) is 6.92 Å². The maximum Gasteiger partial charge on any atom is 0.351 e. The van der Waals surface area contributed by atoms with E-state index in [1.165, 1.54) is 13.0 Å². The molecule has 1 N–H and O–H groups in total. The van der Waals surface area contributed by atoms with Crippen molar-refractivity contribution in [1.29, 1.82) is 0 Å². The van der Waals surface area contributed by atoms with Crippen LogP contribution >= 0.6 is 0 Å². The van der Waals surface area contributed by atoms with E-state index in [2.05, 4.69) is 0 Å². The zero-order valence-electron chi connectivity index (χ0n) is 9.07. The van der Waals surface area contributed by atoms with Crippen molar-refractivity contribution in [2.24, 2.45) is 0 Å². The summed E-state index contributed by atoms with van der Waals surface area (Å²) in [5.41, 5.74) is -2.49. The van der Waals surface area contributed by atoms with Gasteiger partial charge in [-0.3, -0.25) is 4.79 Å². The molecule has 0 atom stereocenters. The SMILES string of the molecule is CC(=O)c1c(O)c2c(=O)oc(C)cc2oc1=O. The van der Waals surface area contributed by atoms with Crippen LogP contribution in [0.1, 0.15) is 23.0 Å². The summed E-state index contributed by atoms with van der Waals surface area (Å²) in [6.45, 7) is 2.59. The minimum atomic E-state index is -0.979. The lowest BCUT2D eigenvalue weighted by Crippen LogP contribution is -2.14. The normalized spacial score (nSPS) is 10.7. The van der Waals surface area contributed by atoms with Crippen LogP contribution in [0.2, 0.25) is 0 Å². The van der Waals surface area contributed by atoms with Gasteiger partial charge in [-0.15, -0.1) is 0 Å². The Morgan fingerprint density at radius 1 is 1.24 bits per heavy atom. The Morgan fingerprint density at radius 3 is 2.47 bits per heavy atom. The number of hydrogen-bond acceptors (Lipinski definition) is 6. The fourth-order valence-electron chi connectivity index (χ4n) is 1.56. The first-order chi connectivity index (χ1) is 7.91. The second-order valence-corrected chi connectivity index (χ2v) is 3.55. The predicted molar refractivity (Wildman–Crippen MR) is 57.4 cm³/mol. The zero-order chi connectivity index (χ0) is 12.7. The molecule has 0 amide bonds. The van der Waals surface area contributed by atoms with Gasteiger partial charge >= 0.3 is 11.3 Å².